The Morgan fingerprint density at radius 2 is 2.05 bits per heavy atom. The van der Waals surface area contributed by atoms with E-state index in [1.165, 1.54) is 12.1 Å². The first kappa shape index (κ1) is 15.0. The van der Waals surface area contributed by atoms with Gasteiger partial charge < -0.3 is 15.2 Å². The van der Waals surface area contributed by atoms with Crippen molar-refractivity contribution < 1.29 is 14.6 Å². The molecule has 0 amide bonds. The maximum absolute atomic E-state index is 10.7. The molecule has 0 aliphatic rings. The smallest absolute Gasteiger partial charge is 0.335 e. The molecule has 0 saturated heterocycles. The summed E-state index contributed by atoms with van der Waals surface area (Å²) in [6.45, 7) is 3.94. The number of nitrogens with one attached hydrogen (secondary N) is 1. The Morgan fingerprint density at radius 3 is 2.71 bits per heavy atom. The summed E-state index contributed by atoms with van der Waals surface area (Å²) in [6.07, 6.45) is 1.78. The molecule has 0 fully saturated rings. The Kier molecular flexibility index (Phi) is 5.29. The van der Waals surface area contributed by atoms with E-state index in [0.29, 0.717) is 25.4 Å². The van der Waals surface area contributed by atoms with Gasteiger partial charge in [0, 0.05) is 19.3 Å². The van der Waals surface area contributed by atoms with Crippen molar-refractivity contribution in [1.82, 2.24) is 10.3 Å². The van der Waals surface area contributed by atoms with Gasteiger partial charge >= 0.3 is 5.97 Å². The molecule has 0 aliphatic heterocycles. The number of pyridine rings is 1. The van der Waals surface area contributed by atoms with Gasteiger partial charge in [0.05, 0.1) is 11.3 Å². The number of carbonyl (C=O) groups is 1. The third-order valence-electron chi connectivity index (χ3n) is 3.06. The molecule has 2 rings (SSSR count). The fourth-order valence-electron chi connectivity index (χ4n) is 1.85. The van der Waals surface area contributed by atoms with E-state index in [2.05, 4.69) is 10.3 Å². The number of carboxylic acids is 1. The Hall–Kier alpha value is -2.40. The average Bonchev–Trinajstić information content (AvgIpc) is 2.49. The molecule has 0 spiro atoms. The number of nitrogens with zero attached hydrogens (tertiary/aromatic N) is 1. The first-order valence-electron chi connectivity index (χ1n) is 6.74. The predicted octanol–water partition coefficient (Wildman–Crippen LogP) is 2.26. The third-order valence-corrected chi connectivity index (χ3v) is 3.06. The van der Waals surface area contributed by atoms with Gasteiger partial charge in [0.1, 0.15) is 12.4 Å². The van der Waals surface area contributed by atoms with Gasteiger partial charge in [0.25, 0.3) is 0 Å². The predicted molar refractivity (Wildman–Crippen MR) is 79.6 cm³/mol. The highest BCUT2D eigenvalue weighted by Gasteiger charge is 2.02. The van der Waals surface area contributed by atoms with Crippen LogP contribution in [-0.2, 0) is 6.54 Å². The van der Waals surface area contributed by atoms with Crippen molar-refractivity contribution >= 4 is 5.97 Å². The van der Waals surface area contributed by atoms with Gasteiger partial charge in [0.2, 0.25) is 0 Å². The van der Waals surface area contributed by atoms with Gasteiger partial charge in [-0.15, -0.1) is 0 Å². The quantitative estimate of drug-likeness (QED) is 0.764. The van der Waals surface area contributed by atoms with Crippen molar-refractivity contribution in [3.63, 3.8) is 0 Å². The number of benzene rings is 1. The normalized spacial score (nSPS) is 10.3. The van der Waals surface area contributed by atoms with Crippen molar-refractivity contribution in [2.45, 2.75) is 13.5 Å². The molecular formula is C16H18N2O3. The average molecular weight is 286 g/mol. The molecule has 0 bridgehead atoms. The number of rotatable bonds is 7. The summed E-state index contributed by atoms with van der Waals surface area (Å²) in [5.41, 5.74) is 2.45. The van der Waals surface area contributed by atoms with Gasteiger partial charge in [-0.2, -0.15) is 0 Å². The minimum atomic E-state index is -0.936. The molecule has 0 radical (unpaired) electrons. The highest BCUT2D eigenvalue weighted by molar-refractivity contribution is 5.87. The lowest BCUT2D eigenvalue weighted by atomic mass is 10.2. The Balaban J connectivity index is 1.70. The van der Waals surface area contributed by atoms with Gasteiger partial charge in [0.15, 0.2) is 0 Å². The largest absolute Gasteiger partial charge is 0.492 e. The van der Waals surface area contributed by atoms with Crippen molar-refractivity contribution in [1.29, 1.82) is 0 Å². The summed E-state index contributed by atoms with van der Waals surface area (Å²) in [7, 11) is 0. The molecule has 2 aromatic rings. The number of carboxylic acid groups (broad SMARTS) is 1. The summed E-state index contributed by atoms with van der Waals surface area (Å²) >= 11 is 0. The number of ether oxygens (including phenoxy) is 1. The topological polar surface area (TPSA) is 71.5 Å². The van der Waals surface area contributed by atoms with E-state index in [1.54, 1.807) is 18.3 Å². The molecule has 0 saturated carbocycles. The van der Waals surface area contributed by atoms with Crippen LogP contribution in [0.2, 0.25) is 0 Å². The Labute approximate surface area is 123 Å². The van der Waals surface area contributed by atoms with E-state index >= 15 is 0 Å². The summed E-state index contributed by atoms with van der Waals surface area (Å²) in [5.74, 6) is -0.273. The lowest BCUT2D eigenvalue weighted by Gasteiger charge is -2.08. The molecule has 0 aliphatic carbocycles. The number of hydrogen-bond donors (Lipinski definition) is 2. The molecule has 1 aromatic carbocycles. The molecule has 2 N–H and O–H groups in total. The van der Waals surface area contributed by atoms with Crippen LogP contribution in [0.25, 0.3) is 0 Å². The summed E-state index contributed by atoms with van der Waals surface area (Å²) in [6, 6.07) is 10.3. The fourth-order valence-corrected chi connectivity index (χ4v) is 1.85. The minimum absolute atomic E-state index is 0.256. The van der Waals surface area contributed by atoms with Crippen molar-refractivity contribution in [3.05, 3.63) is 59.4 Å². The summed E-state index contributed by atoms with van der Waals surface area (Å²) < 4.78 is 5.53. The number of aromatic carboxylic acids is 1. The van der Waals surface area contributed by atoms with Crippen LogP contribution >= 0.6 is 0 Å². The van der Waals surface area contributed by atoms with E-state index in [9.17, 15) is 4.79 Å². The summed E-state index contributed by atoms with van der Waals surface area (Å²) in [4.78, 5) is 15.0. The van der Waals surface area contributed by atoms with E-state index in [4.69, 9.17) is 9.84 Å². The zero-order valence-electron chi connectivity index (χ0n) is 11.9. The Bertz CT molecular complexity index is 597. The molecule has 1 aromatic heterocycles. The first-order chi connectivity index (χ1) is 10.2. The first-order valence-corrected chi connectivity index (χ1v) is 6.74. The van der Waals surface area contributed by atoms with E-state index < -0.39 is 5.97 Å². The molecule has 0 unspecified atom stereocenters. The standard InChI is InChI=1S/C16H18N2O3/c1-12-3-2-8-18-15(12)11-17-9-10-21-14-6-4-13(5-7-14)16(19)20/h2-8,17H,9-11H2,1H3,(H,19,20). The second-order valence-electron chi connectivity index (χ2n) is 4.62. The molecule has 5 heteroatoms. The maximum atomic E-state index is 10.7. The number of aromatic nitrogens is 1. The van der Waals surface area contributed by atoms with E-state index in [-0.39, 0.29) is 5.56 Å². The summed E-state index contributed by atoms with van der Waals surface area (Å²) in [5, 5.41) is 12.1. The van der Waals surface area contributed by atoms with E-state index in [0.717, 1.165) is 11.3 Å². The second-order valence-corrected chi connectivity index (χ2v) is 4.62. The highest BCUT2D eigenvalue weighted by atomic mass is 16.5. The van der Waals surface area contributed by atoms with Gasteiger partial charge in [-0.3, -0.25) is 4.98 Å². The molecule has 5 nitrogen and oxygen atoms in total. The van der Waals surface area contributed by atoms with Crippen LogP contribution in [0.15, 0.2) is 42.6 Å². The molecule has 0 atom stereocenters. The Morgan fingerprint density at radius 1 is 1.29 bits per heavy atom. The molecule has 1 heterocycles. The molecule has 110 valence electrons. The van der Waals surface area contributed by atoms with Crippen LogP contribution in [0.5, 0.6) is 5.75 Å². The van der Waals surface area contributed by atoms with E-state index in [1.807, 2.05) is 19.1 Å². The lowest BCUT2D eigenvalue weighted by molar-refractivity contribution is 0.0697. The maximum Gasteiger partial charge on any atom is 0.335 e. The second kappa shape index (κ2) is 7.40. The monoisotopic (exact) mass is 286 g/mol. The minimum Gasteiger partial charge on any atom is -0.492 e. The SMILES string of the molecule is Cc1cccnc1CNCCOc1ccc(C(=O)O)cc1. The van der Waals surface area contributed by atoms with Gasteiger partial charge in [-0.1, -0.05) is 6.07 Å². The zero-order chi connectivity index (χ0) is 15.1. The van der Waals surface area contributed by atoms with Gasteiger partial charge in [-0.05, 0) is 42.8 Å². The van der Waals surface area contributed by atoms with Crippen molar-refractivity contribution in [2.75, 3.05) is 13.2 Å². The zero-order valence-corrected chi connectivity index (χ0v) is 11.9. The van der Waals surface area contributed by atoms with Crippen LogP contribution in [-0.4, -0.2) is 29.2 Å². The number of hydrogen-bond acceptors (Lipinski definition) is 4. The van der Waals surface area contributed by atoms with Crippen LogP contribution in [0.1, 0.15) is 21.6 Å². The molecule has 21 heavy (non-hydrogen) atoms. The fraction of sp³-hybridized carbons (Fsp3) is 0.250. The lowest BCUT2D eigenvalue weighted by Crippen LogP contribution is -2.21. The van der Waals surface area contributed by atoms with Crippen molar-refractivity contribution in [2.24, 2.45) is 0 Å². The third kappa shape index (κ3) is 4.57. The van der Waals surface area contributed by atoms with Crippen LogP contribution in [0.4, 0.5) is 0 Å². The highest BCUT2D eigenvalue weighted by Crippen LogP contribution is 2.11. The van der Waals surface area contributed by atoms with Crippen LogP contribution in [0, 0.1) is 6.92 Å². The van der Waals surface area contributed by atoms with Crippen LogP contribution < -0.4 is 10.1 Å². The number of aryl methyl sites for hydroxylation is 1. The van der Waals surface area contributed by atoms with Gasteiger partial charge in [-0.25, -0.2) is 4.79 Å². The van der Waals surface area contributed by atoms with Crippen LogP contribution in [0.3, 0.4) is 0 Å². The van der Waals surface area contributed by atoms with Crippen molar-refractivity contribution in [3.8, 4) is 5.75 Å². The molecular weight excluding hydrogens is 268 g/mol.